The van der Waals surface area contributed by atoms with E-state index in [1.807, 2.05) is 13.8 Å². The van der Waals surface area contributed by atoms with E-state index in [2.05, 4.69) is 10.1 Å². The summed E-state index contributed by atoms with van der Waals surface area (Å²) in [5.41, 5.74) is 1.86. The third-order valence-electron chi connectivity index (χ3n) is 5.12. The summed E-state index contributed by atoms with van der Waals surface area (Å²) in [6.07, 6.45) is 2.66. The highest BCUT2D eigenvalue weighted by atomic mass is 19.3. The van der Waals surface area contributed by atoms with Gasteiger partial charge in [0.05, 0.1) is 12.0 Å². The quantitative estimate of drug-likeness (QED) is 0.871. The number of fused-ring (bicyclic) bond motifs is 1. The Hall–Kier alpha value is -2.18. The molecule has 2 amide bonds. The molecule has 1 saturated heterocycles. The van der Waals surface area contributed by atoms with E-state index in [1.165, 1.54) is 6.07 Å². The van der Waals surface area contributed by atoms with Gasteiger partial charge in [0.15, 0.2) is 0 Å². The summed E-state index contributed by atoms with van der Waals surface area (Å²) in [7, 11) is 0. The minimum atomic E-state index is -2.85. The number of carbonyl (C=O) groups excluding carboxylic acids is 2. The largest absolute Gasteiger partial charge is 0.435 e. The number of ether oxygens (including phenoxy) is 1. The van der Waals surface area contributed by atoms with Gasteiger partial charge in [-0.15, -0.1) is 0 Å². The van der Waals surface area contributed by atoms with E-state index in [-0.39, 0.29) is 42.0 Å². The van der Waals surface area contributed by atoms with Crippen molar-refractivity contribution in [2.45, 2.75) is 58.2 Å². The molecule has 1 fully saturated rings. The zero-order valence-corrected chi connectivity index (χ0v) is 15.0. The van der Waals surface area contributed by atoms with Crippen molar-refractivity contribution in [3.8, 4) is 5.75 Å². The fraction of sp³-hybridized carbons (Fsp3) is 0.579. The van der Waals surface area contributed by atoms with Crippen LogP contribution in [-0.4, -0.2) is 35.9 Å². The van der Waals surface area contributed by atoms with Gasteiger partial charge in [-0.25, -0.2) is 0 Å². The number of rotatable bonds is 5. The molecule has 7 heteroatoms. The number of nitrogens with one attached hydrogen (secondary N) is 1. The molecule has 0 radical (unpaired) electrons. The van der Waals surface area contributed by atoms with Crippen LogP contribution in [0.5, 0.6) is 5.75 Å². The number of halogens is 2. The van der Waals surface area contributed by atoms with E-state index < -0.39 is 6.61 Å². The van der Waals surface area contributed by atoms with Crippen molar-refractivity contribution >= 4 is 11.8 Å². The van der Waals surface area contributed by atoms with Crippen molar-refractivity contribution in [3.63, 3.8) is 0 Å². The molecule has 0 bridgehead atoms. The number of alkyl halides is 2. The number of hydrogen-bond acceptors (Lipinski definition) is 3. The third kappa shape index (κ3) is 3.97. The average molecular weight is 366 g/mol. The maximum Gasteiger partial charge on any atom is 0.387 e. The summed E-state index contributed by atoms with van der Waals surface area (Å²) < 4.78 is 29.2. The lowest BCUT2D eigenvalue weighted by Crippen LogP contribution is -2.38. The number of hydrogen-bond donors (Lipinski definition) is 1. The second-order valence-corrected chi connectivity index (χ2v) is 7.23. The number of amides is 2. The van der Waals surface area contributed by atoms with Crippen LogP contribution in [-0.2, 0) is 16.0 Å². The van der Waals surface area contributed by atoms with E-state index in [9.17, 15) is 18.4 Å². The average Bonchev–Trinajstić information content (AvgIpc) is 2.96. The number of nitrogens with zero attached hydrogens (tertiary/aromatic N) is 1. The molecule has 3 rings (SSSR count). The Kier molecular flexibility index (Phi) is 5.44. The highest BCUT2D eigenvalue weighted by molar-refractivity contribution is 5.89. The molecule has 1 N–H and O–H groups in total. The van der Waals surface area contributed by atoms with E-state index in [1.54, 1.807) is 17.0 Å². The van der Waals surface area contributed by atoms with Gasteiger partial charge in [-0.05, 0) is 56.4 Å². The van der Waals surface area contributed by atoms with Gasteiger partial charge >= 0.3 is 6.61 Å². The van der Waals surface area contributed by atoms with Crippen molar-refractivity contribution in [1.82, 2.24) is 10.2 Å². The van der Waals surface area contributed by atoms with E-state index in [0.717, 1.165) is 30.4 Å². The van der Waals surface area contributed by atoms with Crippen LogP contribution in [0.15, 0.2) is 18.2 Å². The van der Waals surface area contributed by atoms with Crippen molar-refractivity contribution in [1.29, 1.82) is 0 Å². The first-order valence-electron chi connectivity index (χ1n) is 9.02. The fourth-order valence-electron chi connectivity index (χ4n) is 3.81. The predicted molar refractivity (Wildman–Crippen MR) is 91.9 cm³/mol. The van der Waals surface area contributed by atoms with E-state index in [0.29, 0.717) is 6.54 Å². The zero-order valence-electron chi connectivity index (χ0n) is 15.0. The Labute approximate surface area is 151 Å². The molecule has 2 aliphatic rings. The zero-order chi connectivity index (χ0) is 18.8. The van der Waals surface area contributed by atoms with Gasteiger partial charge in [-0.3, -0.25) is 9.59 Å². The molecule has 0 aromatic heterocycles. The molecule has 1 aliphatic carbocycles. The highest BCUT2D eigenvalue weighted by Gasteiger charge is 2.36. The molecule has 0 saturated carbocycles. The lowest BCUT2D eigenvalue weighted by Gasteiger charge is -2.28. The second kappa shape index (κ2) is 7.60. The number of aryl methyl sites for hydroxylation is 1. The van der Waals surface area contributed by atoms with Crippen LogP contribution >= 0.6 is 0 Å². The lowest BCUT2D eigenvalue weighted by molar-refractivity contribution is -0.130. The molecule has 142 valence electrons. The number of carbonyl (C=O) groups is 2. The lowest BCUT2D eigenvalue weighted by atomic mass is 9.87. The topological polar surface area (TPSA) is 58.6 Å². The summed E-state index contributed by atoms with van der Waals surface area (Å²) in [5.74, 6) is -0.304. The Morgan fingerprint density at radius 2 is 2.12 bits per heavy atom. The molecule has 26 heavy (non-hydrogen) atoms. The van der Waals surface area contributed by atoms with Crippen LogP contribution in [0.2, 0.25) is 0 Å². The molecule has 5 nitrogen and oxygen atoms in total. The van der Waals surface area contributed by atoms with Gasteiger partial charge in [0.1, 0.15) is 5.75 Å². The first-order valence-corrected chi connectivity index (χ1v) is 9.02. The molecular formula is C19H24F2N2O3. The van der Waals surface area contributed by atoms with Crippen LogP contribution < -0.4 is 10.1 Å². The summed E-state index contributed by atoms with van der Waals surface area (Å²) in [5, 5.41) is 3.05. The fourth-order valence-corrected chi connectivity index (χ4v) is 3.81. The van der Waals surface area contributed by atoms with Gasteiger partial charge < -0.3 is 15.0 Å². The first kappa shape index (κ1) is 18.6. The van der Waals surface area contributed by atoms with Gasteiger partial charge in [0.25, 0.3) is 0 Å². The molecule has 0 spiro atoms. The maximum atomic E-state index is 12.6. The van der Waals surface area contributed by atoms with Gasteiger partial charge in [0.2, 0.25) is 11.8 Å². The molecule has 1 aromatic carbocycles. The van der Waals surface area contributed by atoms with Crippen LogP contribution in [0.1, 0.15) is 50.3 Å². The number of likely N-dealkylation sites (tertiary alicyclic amines) is 1. The van der Waals surface area contributed by atoms with Crippen molar-refractivity contribution in [2.24, 2.45) is 5.92 Å². The van der Waals surface area contributed by atoms with Gasteiger partial charge in [-0.1, -0.05) is 6.07 Å². The van der Waals surface area contributed by atoms with E-state index in [4.69, 9.17) is 0 Å². The smallest absolute Gasteiger partial charge is 0.387 e. The monoisotopic (exact) mass is 366 g/mol. The summed E-state index contributed by atoms with van der Waals surface area (Å²) in [6, 6.07) is 4.81. The van der Waals surface area contributed by atoms with Gasteiger partial charge in [-0.2, -0.15) is 8.78 Å². The van der Waals surface area contributed by atoms with Crippen LogP contribution in [0.4, 0.5) is 8.78 Å². The van der Waals surface area contributed by atoms with Crippen molar-refractivity contribution in [2.75, 3.05) is 6.54 Å². The molecule has 2 unspecified atom stereocenters. The minimum Gasteiger partial charge on any atom is -0.435 e. The third-order valence-corrected chi connectivity index (χ3v) is 5.12. The van der Waals surface area contributed by atoms with Crippen molar-refractivity contribution < 1.29 is 23.1 Å². The minimum absolute atomic E-state index is 0.0120. The Morgan fingerprint density at radius 1 is 1.35 bits per heavy atom. The molecular weight excluding hydrogens is 342 g/mol. The van der Waals surface area contributed by atoms with Gasteiger partial charge in [0, 0.05) is 19.0 Å². The number of benzene rings is 1. The van der Waals surface area contributed by atoms with Crippen molar-refractivity contribution in [3.05, 3.63) is 29.3 Å². The maximum absolute atomic E-state index is 12.6. The Morgan fingerprint density at radius 3 is 2.77 bits per heavy atom. The summed E-state index contributed by atoms with van der Waals surface area (Å²) in [6.45, 7) is 1.47. The molecule has 1 aliphatic heterocycles. The summed E-state index contributed by atoms with van der Waals surface area (Å²) >= 11 is 0. The Balaban J connectivity index is 1.68. The predicted octanol–water partition coefficient (Wildman–Crippen LogP) is 3.04. The highest BCUT2D eigenvalue weighted by Crippen LogP contribution is 2.33. The van der Waals surface area contributed by atoms with E-state index >= 15 is 0 Å². The normalized spacial score (nSPS) is 22.7. The first-order chi connectivity index (χ1) is 12.3. The Bertz CT molecular complexity index is 693. The molecule has 1 aromatic rings. The SMILES string of the molecule is CC(C)N1CC(C(=O)NC2CCCc3cc(OC(F)F)ccc32)CC1=O. The standard InChI is InChI=1S/C19H24F2N2O3/c1-11(2)23-10-13(9-17(23)24)18(25)22-16-5-3-4-12-8-14(26-19(20)21)6-7-15(12)16/h6-8,11,13,16,19H,3-5,9-10H2,1-2H3,(H,22,25). The van der Waals surface area contributed by atoms with Crippen LogP contribution in [0.25, 0.3) is 0 Å². The van der Waals surface area contributed by atoms with Crippen LogP contribution in [0.3, 0.4) is 0 Å². The van der Waals surface area contributed by atoms with Crippen LogP contribution in [0, 0.1) is 5.92 Å². The summed E-state index contributed by atoms with van der Waals surface area (Å²) in [4.78, 5) is 26.4. The molecule has 2 atom stereocenters. The second-order valence-electron chi connectivity index (χ2n) is 7.23. The molecule has 1 heterocycles.